The smallest absolute Gasteiger partial charge is 0.190 e. The molecule has 131 valence electrons. The van der Waals surface area contributed by atoms with Gasteiger partial charge in [0, 0.05) is 7.05 Å². The van der Waals surface area contributed by atoms with E-state index in [1.165, 1.54) is 0 Å². The number of imidazole rings is 1. The van der Waals surface area contributed by atoms with E-state index in [2.05, 4.69) is 47.6 Å². The third kappa shape index (κ3) is 3.04. The van der Waals surface area contributed by atoms with Gasteiger partial charge in [0.1, 0.15) is 5.82 Å². The SMILES string of the molecule is Cn1c(-c2c([O])cc(C(C)(C)C)cc2C(C)(C)C)nc2ccccc21. The lowest BCUT2D eigenvalue weighted by atomic mass is 9.78. The summed E-state index contributed by atoms with van der Waals surface area (Å²) in [5, 5.41) is 13.1. The van der Waals surface area contributed by atoms with Crippen molar-refractivity contribution in [3.8, 4) is 17.1 Å². The minimum atomic E-state index is -0.145. The van der Waals surface area contributed by atoms with Crippen LogP contribution < -0.4 is 0 Å². The summed E-state index contributed by atoms with van der Waals surface area (Å²) in [4.78, 5) is 4.77. The van der Waals surface area contributed by atoms with Crippen molar-refractivity contribution in [3.63, 3.8) is 0 Å². The highest BCUT2D eigenvalue weighted by Gasteiger charge is 2.28. The first kappa shape index (κ1) is 17.5. The predicted molar refractivity (Wildman–Crippen MR) is 104 cm³/mol. The van der Waals surface area contributed by atoms with Crippen molar-refractivity contribution in [2.45, 2.75) is 52.4 Å². The van der Waals surface area contributed by atoms with E-state index >= 15 is 0 Å². The van der Waals surface area contributed by atoms with Crippen molar-refractivity contribution < 1.29 is 5.11 Å². The highest BCUT2D eigenvalue weighted by molar-refractivity contribution is 5.83. The Balaban J connectivity index is 2.36. The number of rotatable bonds is 1. The molecule has 0 aliphatic carbocycles. The number of nitrogens with zero attached hydrogens (tertiary/aromatic N) is 2. The Hall–Kier alpha value is -2.29. The molecule has 25 heavy (non-hydrogen) atoms. The fraction of sp³-hybridized carbons (Fsp3) is 0.409. The molecule has 0 bridgehead atoms. The van der Waals surface area contributed by atoms with E-state index in [4.69, 9.17) is 4.98 Å². The molecule has 0 atom stereocenters. The molecule has 3 rings (SSSR count). The van der Waals surface area contributed by atoms with Gasteiger partial charge in [-0.25, -0.2) is 4.98 Å². The Bertz CT molecular complexity index is 937. The second-order valence-corrected chi connectivity index (χ2v) is 8.88. The van der Waals surface area contributed by atoms with E-state index in [0.717, 1.165) is 33.5 Å². The Morgan fingerprint density at radius 2 is 1.56 bits per heavy atom. The van der Waals surface area contributed by atoms with Crippen molar-refractivity contribution in [1.29, 1.82) is 0 Å². The van der Waals surface area contributed by atoms with Gasteiger partial charge in [-0.15, -0.1) is 0 Å². The van der Waals surface area contributed by atoms with E-state index in [9.17, 15) is 5.11 Å². The minimum absolute atomic E-state index is 0.0516. The highest BCUT2D eigenvalue weighted by atomic mass is 16.3. The standard InChI is InChI=1S/C22H27N2O/c1-21(2,3)14-12-15(22(4,5)6)19(18(25)13-14)20-23-16-10-8-9-11-17(16)24(20)7/h8-13H,1-7H3. The maximum atomic E-state index is 13.1. The molecular formula is C22H27N2O. The number of aryl methyl sites for hydroxylation is 1. The lowest BCUT2D eigenvalue weighted by Crippen LogP contribution is -2.18. The topological polar surface area (TPSA) is 37.7 Å². The molecular weight excluding hydrogens is 308 g/mol. The maximum Gasteiger partial charge on any atom is 0.190 e. The molecule has 1 radical (unpaired) electrons. The number of aromatic nitrogens is 2. The molecule has 0 amide bonds. The van der Waals surface area contributed by atoms with Gasteiger partial charge in [-0.05, 0) is 40.2 Å². The second-order valence-electron chi connectivity index (χ2n) is 8.88. The van der Waals surface area contributed by atoms with E-state index in [-0.39, 0.29) is 16.6 Å². The van der Waals surface area contributed by atoms with Crippen LogP contribution in [0.5, 0.6) is 5.75 Å². The summed E-state index contributed by atoms with van der Waals surface area (Å²) in [6.45, 7) is 12.9. The van der Waals surface area contributed by atoms with Gasteiger partial charge in [-0.2, -0.15) is 0 Å². The first-order chi connectivity index (χ1) is 11.5. The summed E-state index contributed by atoms with van der Waals surface area (Å²) in [5.74, 6) is 0.798. The molecule has 3 nitrogen and oxygen atoms in total. The lowest BCUT2D eigenvalue weighted by Gasteiger charge is -2.27. The van der Waals surface area contributed by atoms with E-state index in [0.29, 0.717) is 0 Å². The van der Waals surface area contributed by atoms with Crippen LogP contribution in [0, 0.1) is 0 Å². The van der Waals surface area contributed by atoms with Crippen molar-refractivity contribution in [3.05, 3.63) is 47.5 Å². The first-order valence-corrected chi connectivity index (χ1v) is 8.78. The fourth-order valence-electron chi connectivity index (χ4n) is 3.24. The van der Waals surface area contributed by atoms with Gasteiger partial charge < -0.3 is 4.57 Å². The van der Waals surface area contributed by atoms with Crippen LogP contribution >= 0.6 is 0 Å². The molecule has 3 aromatic rings. The van der Waals surface area contributed by atoms with Crippen LogP contribution in [0.4, 0.5) is 0 Å². The van der Waals surface area contributed by atoms with Crippen molar-refractivity contribution in [1.82, 2.24) is 9.55 Å². The van der Waals surface area contributed by atoms with Crippen LogP contribution in [0.15, 0.2) is 36.4 Å². The number of hydrogen-bond donors (Lipinski definition) is 0. The van der Waals surface area contributed by atoms with E-state index in [1.54, 1.807) is 6.07 Å². The summed E-state index contributed by atoms with van der Waals surface area (Å²) >= 11 is 0. The molecule has 1 heterocycles. The predicted octanol–water partition coefficient (Wildman–Crippen LogP) is 5.98. The quantitative estimate of drug-likeness (QED) is 0.539. The Morgan fingerprint density at radius 1 is 0.920 bits per heavy atom. The van der Waals surface area contributed by atoms with Crippen LogP contribution in [0.2, 0.25) is 0 Å². The summed E-state index contributed by atoms with van der Waals surface area (Å²) in [6.07, 6.45) is 0. The summed E-state index contributed by atoms with van der Waals surface area (Å²) in [6, 6.07) is 12.0. The van der Waals surface area contributed by atoms with E-state index in [1.807, 2.05) is 35.9 Å². The molecule has 0 saturated carbocycles. The summed E-state index contributed by atoms with van der Waals surface area (Å²) in [7, 11) is 1.98. The summed E-state index contributed by atoms with van der Waals surface area (Å²) < 4.78 is 2.03. The largest absolute Gasteiger partial charge is 0.327 e. The molecule has 3 heteroatoms. The third-order valence-corrected chi connectivity index (χ3v) is 4.79. The van der Waals surface area contributed by atoms with E-state index < -0.39 is 0 Å². The average molecular weight is 335 g/mol. The van der Waals surface area contributed by atoms with Gasteiger partial charge in [0.15, 0.2) is 5.75 Å². The normalized spacial score (nSPS) is 12.8. The van der Waals surface area contributed by atoms with Gasteiger partial charge in [0.25, 0.3) is 0 Å². The second kappa shape index (κ2) is 5.62. The Kier molecular flexibility index (Phi) is 3.94. The van der Waals surface area contributed by atoms with Crippen molar-refractivity contribution in [2.75, 3.05) is 0 Å². The molecule has 0 saturated heterocycles. The fourth-order valence-corrected chi connectivity index (χ4v) is 3.24. The van der Waals surface area contributed by atoms with Crippen LogP contribution in [-0.2, 0) is 23.0 Å². The molecule has 1 aromatic heterocycles. The molecule has 0 N–H and O–H groups in total. The van der Waals surface area contributed by atoms with Crippen molar-refractivity contribution >= 4 is 11.0 Å². The monoisotopic (exact) mass is 335 g/mol. The van der Waals surface area contributed by atoms with Crippen LogP contribution in [-0.4, -0.2) is 9.55 Å². The molecule has 0 spiro atoms. The lowest BCUT2D eigenvalue weighted by molar-refractivity contribution is 0.353. The first-order valence-electron chi connectivity index (χ1n) is 8.78. The molecule has 0 fully saturated rings. The van der Waals surface area contributed by atoms with Crippen LogP contribution in [0.3, 0.4) is 0 Å². The minimum Gasteiger partial charge on any atom is -0.327 e. The third-order valence-electron chi connectivity index (χ3n) is 4.79. The maximum absolute atomic E-state index is 13.1. The van der Waals surface area contributed by atoms with Crippen LogP contribution in [0.1, 0.15) is 52.7 Å². The summed E-state index contributed by atoms with van der Waals surface area (Å²) in [5.41, 5.74) is 4.60. The zero-order chi connectivity index (χ0) is 18.6. The average Bonchev–Trinajstić information content (AvgIpc) is 2.82. The van der Waals surface area contributed by atoms with Gasteiger partial charge in [0.05, 0.1) is 16.6 Å². The molecule has 0 unspecified atom stereocenters. The molecule has 0 aliphatic heterocycles. The zero-order valence-electron chi connectivity index (χ0n) is 16.3. The molecule has 2 aromatic carbocycles. The Labute approximate surface area is 150 Å². The van der Waals surface area contributed by atoms with Gasteiger partial charge in [-0.3, -0.25) is 5.11 Å². The van der Waals surface area contributed by atoms with Crippen LogP contribution in [0.25, 0.3) is 22.4 Å². The zero-order valence-corrected chi connectivity index (χ0v) is 16.3. The highest BCUT2D eigenvalue weighted by Crippen LogP contribution is 2.42. The Morgan fingerprint density at radius 3 is 2.12 bits per heavy atom. The van der Waals surface area contributed by atoms with Gasteiger partial charge in [0.2, 0.25) is 0 Å². The number of fused-ring (bicyclic) bond motifs is 1. The number of para-hydroxylation sites is 2. The van der Waals surface area contributed by atoms with Crippen molar-refractivity contribution in [2.24, 2.45) is 7.05 Å². The van der Waals surface area contributed by atoms with Gasteiger partial charge in [-0.1, -0.05) is 59.7 Å². The number of benzene rings is 2. The number of hydrogen-bond acceptors (Lipinski definition) is 1. The molecule has 0 aliphatic rings. The van der Waals surface area contributed by atoms with Gasteiger partial charge >= 0.3 is 0 Å².